The van der Waals surface area contributed by atoms with E-state index in [2.05, 4.69) is 21.2 Å². The molecule has 2 aliphatic rings. The average molecular weight is 353 g/mol. The summed E-state index contributed by atoms with van der Waals surface area (Å²) in [5.74, 6) is -0.0134. The molecule has 0 bridgehead atoms. The largest absolute Gasteiger partial charge is 0.377 e. The van der Waals surface area contributed by atoms with Crippen LogP contribution in [0, 0.1) is 18.3 Å². The van der Waals surface area contributed by atoms with E-state index in [1.54, 1.807) is 0 Å². The molecule has 3 atom stereocenters. The van der Waals surface area contributed by atoms with Crippen molar-refractivity contribution in [2.75, 3.05) is 11.9 Å². The maximum absolute atomic E-state index is 12.8. The highest BCUT2D eigenvalue weighted by Crippen LogP contribution is 2.58. The van der Waals surface area contributed by atoms with Gasteiger partial charge in [-0.2, -0.15) is 0 Å². The molecule has 3 rings (SSSR count). The number of fused-ring (bicyclic) bond motifs is 1. The first-order valence-corrected chi connectivity index (χ1v) is 8.06. The van der Waals surface area contributed by atoms with Gasteiger partial charge >= 0.3 is 0 Å². The fraction of sp³-hybridized carbons (Fsp3) is 0.562. The molecule has 1 saturated heterocycles. The number of nitrogens with two attached hydrogens (primary N) is 1. The first-order valence-electron chi connectivity index (χ1n) is 7.26. The number of ether oxygens (including phenoxy) is 1. The summed E-state index contributed by atoms with van der Waals surface area (Å²) in [5.41, 5.74) is 7.19. The number of anilines is 1. The summed E-state index contributed by atoms with van der Waals surface area (Å²) in [4.78, 5) is 12.8. The maximum atomic E-state index is 12.8. The van der Waals surface area contributed by atoms with Gasteiger partial charge in [0.25, 0.3) is 0 Å². The van der Waals surface area contributed by atoms with Gasteiger partial charge in [-0.3, -0.25) is 4.79 Å². The third-order valence-electron chi connectivity index (χ3n) is 5.20. The quantitative estimate of drug-likeness (QED) is 0.859. The molecule has 1 aliphatic heterocycles. The van der Waals surface area contributed by atoms with Crippen LogP contribution in [-0.4, -0.2) is 24.2 Å². The lowest BCUT2D eigenvalue weighted by Crippen LogP contribution is -2.79. The Hall–Kier alpha value is -0.910. The summed E-state index contributed by atoms with van der Waals surface area (Å²) in [6.07, 6.45) is 0.947. The number of carbonyl (C=O) groups is 1. The summed E-state index contributed by atoms with van der Waals surface area (Å²) in [6.45, 7) is 6.74. The van der Waals surface area contributed by atoms with Gasteiger partial charge in [-0.15, -0.1) is 0 Å². The molecule has 1 amide bonds. The average Bonchev–Trinajstić information content (AvgIpc) is 2.89. The summed E-state index contributed by atoms with van der Waals surface area (Å²) >= 11 is 3.49. The van der Waals surface area contributed by atoms with E-state index in [1.807, 2.05) is 39.0 Å². The van der Waals surface area contributed by atoms with Crippen molar-refractivity contribution in [3.63, 3.8) is 0 Å². The second-order valence-electron chi connectivity index (χ2n) is 6.71. The van der Waals surface area contributed by atoms with Crippen molar-refractivity contribution in [3.05, 3.63) is 28.2 Å². The number of aryl methyl sites for hydroxylation is 1. The molecule has 0 aromatic heterocycles. The topological polar surface area (TPSA) is 64.4 Å². The van der Waals surface area contributed by atoms with E-state index in [-0.39, 0.29) is 23.3 Å². The molecule has 1 aliphatic carbocycles. The van der Waals surface area contributed by atoms with E-state index in [1.165, 1.54) is 0 Å². The standard InChI is InChI=1S/C16H21BrN2O2/c1-9-4-5-12(11(17)8-9)19-14(20)16(18)10-6-7-21-13(10)15(16,2)3/h4-5,8,10,13H,6-7,18H2,1-3H3,(H,19,20). The highest BCUT2D eigenvalue weighted by atomic mass is 79.9. The number of benzene rings is 1. The van der Waals surface area contributed by atoms with Gasteiger partial charge in [0, 0.05) is 22.4 Å². The lowest BCUT2D eigenvalue weighted by Gasteiger charge is -2.60. The smallest absolute Gasteiger partial charge is 0.245 e. The molecule has 1 saturated carbocycles. The van der Waals surface area contributed by atoms with E-state index in [9.17, 15) is 4.79 Å². The van der Waals surface area contributed by atoms with Gasteiger partial charge in [-0.25, -0.2) is 0 Å². The normalized spacial score (nSPS) is 33.2. The predicted molar refractivity (Wildman–Crippen MR) is 86.1 cm³/mol. The Morgan fingerprint density at radius 1 is 1.48 bits per heavy atom. The molecule has 114 valence electrons. The van der Waals surface area contributed by atoms with Crippen LogP contribution in [0.4, 0.5) is 5.69 Å². The minimum Gasteiger partial charge on any atom is -0.377 e. The lowest BCUT2D eigenvalue weighted by molar-refractivity contribution is -0.170. The van der Waals surface area contributed by atoms with Crippen molar-refractivity contribution in [1.29, 1.82) is 0 Å². The fourth-order valence-electron chi connectivity index (χ4n) is 3.79. The number of amides is 1. The lowest BCUT2D eigenvalue weighted by atomic mass is 9.48. The van der Waals surface area contributed by atoms with Gasteiger partial charge in [0.1, 0.15) is 5.54 Å². The van der Waals surface area contributed by atoms with Crippen LogP contribution < -0.4 is 11.1 Å². The molecule has 1 aromatic rings. The molecule has 3 N–H and O–H groups in total. The summed E-state index contributed by atoms with van der Waals surface area (Å²) < 4.78 is 6.60. The summed E-state index contributed by atoms with van der Waals surface area (Å²) in [5, 5.41) is 2.98. The van der Waals surface area contributed by atoms with Crippen LogP contribution in [0.5, 0.6) is 0 Å². The molecule has 1 aromatic carbocycles. The predicted octanol–water partition coefficient (Wildman–Crippen LogP) is 2.84. The van der Waals surface area contributed by atoms with Gasteiger partial charge in [-0.05, 0) is 47.0 Å². The Morgan fingerprint density at radius 3 is 2.86 bits per heavy atom. The van der Waals surface area contributed by atoms with Crippen LogP contribution in [0.3, 0.4) is 0 Å². The zero-order chi connectivity index (χ0) is 15.4. The second kappa shape index (κ2) is 4.80. The fourth-order valence-corrected chi connectivity index (χ4v) is 4.38. The number of nitrogens with one attached hydrogen (secondary N) is 1. The van der Waals surface area contributed by atoms with Gasteiger partial charge in [0.2, 0.25) is 5.91 Å². The van der Waals surface area contributed by atoms with E-state index >= 15 is 0 Å². The van der Waals surface area contributed by atoms with Crippen LogP contribution in [0.2, 0.25) is 0 Å². The molecule has 0 radical (unpaired) electrons. The molecule has 21 heavy (non-hydrogen) atoms. The maximum Gasteiger partial charge on any atom is 0.245 e. The minimum absolute atomic E-state index is 0.0923. The minimum atomic E-state index is -0.876. The number of halogens is 1. The Labute approximate surface area is 133 Å². The van der Waals surface area contributed by atoms with E-state index in [0.717, 1.165) is 22.1 Å². The molecule has 2 fully saturated rings. The Bertz CT molecular complexity index is 602. The van der Waals surface area contributed by atoms with E-state index < -0.39 is 5.54 Å². The molecule has 1 heterocycles. The van der Waals surface area contributed by atoms with Crippen molar-refractivity contribution in [2.45, 2.75) is 38.8 Å². The zero-order valence-corrected chi connectivity index (χ0v) is 14.2. The third-order valence-corrected chi connectivity index (χ3v) is 5.86. The SMILES string of the molecule is Cc1ccc(NC(=O)C2(N)C3CCOC3C2(C)C)c(Br)c1. The number of carbonyl (C=O) groups excluding carboxylic acids is 1. The zero-order valence-electron chi connectivity index (χ0n) is 12.6. The Kier molecular flexibility index (Phi) is 3.43. The van der Waals surface area contributed by atoms with Gasteiger partial charge in [0.05, 0.1) is 11.8 Å². The van der Waals surface area contributed by atoms with Crippen molar-refractivity contribution in [1.82, 2.24) is 0 Å². The van der Waals surface area contributed by atoms with Crippen LogP contribution in [-0.2, 0) is 9.53 Å². The monoisotopic (exact) mass is 352 g/mol. The number of hydrogen-bond acceptors (Lipinski definition) is 3. The van der Waals surface area contributed by atoms with Crippen molar-refractivity contribution in [3.8, 4) is 0 Å². The molecule has 3 unspecified atom stereocenters. The Morgan fingerprint density at radius 2 is 2.19 bits per heavy atom. The van der Waals surface area contributed by atoms with Crippen molar-refractivity contribution >= 4 is 27.5 Å². The van der Waals surface area contributed by atoms with Crippen molar-refractivity contribution in [2.24, 2.45) is 17.1 Å². The molecular formula is C16H21BrN2O2. The Balaban J connectivity index is 1.85. The first kappa shape index (κ1) is 15.0. The first-order chi connectivity index (χ1) is 9.78. The van der Waals surface area contributed by atoms with Gasteiger partial charge < -0.3 is 15.8 Å². The highest BCUT2D eigenvalue weighted by molar-refractivity contribution is 9.10. The van der Waals surface area contributed by atoms with E-state index in [0.29, 0.717) is 6.61 Å². The molecule has 5 heteroatoms. The van der Waals surface area contributed by atoms with Crippen LogP contribution in [0.25, 0.3) is 0 Å². The number of rotatable bonds is 2. The van der Waals surface area contributed by atoms with Gasteiger partial charge in [0.15, 0.2) is 0 Å². The molecule has 0 spiro atoms. The van der Waals surface area contributed by atoms with Crippen molar-refractivity contribution < 1.29 is 9.53 Å². The van der Waals surface area contributed by atoms with Crippen LogP contribution in [0.1, 0.15) is 25.8 Å². The third kappa shape index (κ3) is 1.98. The van der Waals surface area contributed by atoms with Gasteiger partial charge in [-0.1, -0.05) is 19.9 Å². The summed E-state index contributed by atoms with van der Waals surface area (Å²) in [6, 6.07) is 5.85. The second-order valence-corrected chi connectivity index (χ2v) is 7.57. The summed E-state index contributed by atoms with van der Waals surface area (Å²) in [7, 11) is 0. The van der Waals surface area contributed by atoms with Crippen LogP contribution in [0.15, 0.2) is 22.7 Å². The highest BCUT2D eigenvalue weighted by Gasteiger charge is 2.71. The number of hydrogen-bond donors (Lipinski definition) is 2. The van der Waals surface area contributed by atoms with Crippen LogP contribution >= 0.6 is 15.9 Å². The van der Waals surface area contributed by atoms with E-state index in [4.69, 9.17) is 10.5 Å². The molecule has 4 nitrogen and oxygen atoms in total. The molecular weight excluding hydrogens is 332 g/mol.